The van der Waals surface area contributed by atoms with Gasteiger partial charge in [0.2, 0.25) is 0 Å². The summed E-state index contributed by atoms with van der Waals surface area (Å²) in [6.45, 7) is 2.79. The van der Waals surface area contributed by atoms with Gasteiger partial charge in [-0.2, -0.15) is 0 Å². The highest BCUT2D eigenvalue weighted by Gasteiger charge is 2.28. The number of aliphatic carboxylic acids is 1. The highest BCUT2D eigenvalue weighted by atomic mass is 31.2. The van der Waals surface area contributed by atoms with E-state index in [1.165, 1.54) is 109 Å². The zero-order valence-electron chi connectivity index (χ0n) is 32.9. The Bertz CT molecular complexity index is 947. The number of allylic oxidation sites excluding steroid dienone is 2. The van der Waals surface area contributed by atoms with Crippen LogP contribution in [-0.2, 0) is 37.5 Å². The van der Waals surface area contributed by atoms with Crippen LogP contribution >= 0.6 is 7.82 Å². The quantitative estimate of drug-likeness (QED) is 0.0235. The van der Waals surface area contributed by atoms with Gasteiger partial charge in [0.15, 0.2) is 6.10 Å². The van der Waals surface area contributed by atoms with Crippen LogP contribution in [0.2, 0.25) is 0 Å². The van der Waals surface area contributed by atoms with Gasteiger partial charge in [0.05, 0.1) is 13.2 Å². The van der Waals surface area contributed by atoms with Crippen molar-refractivity contribution in [2.24, 2.45) is 5.73 Å². The number of phosphoric acid groups is 1. The summed E-state index contributed by atoms with van der Waals surface area (Å²) in [5.41, 5.74) is 5.32. The predicted octanol–water partition coefficient (Wildman–Crippen LogP) is 10.5. The summed E-state index contributed by atoms with van der Waals surface area (Å²) in [5, 5.41) is 8.86. The number of hydrogen-bond acceptors (Lipinski definition) is 9. The third-order valence-corrected chi connectivity index (χ3v) is 9.96. The fourth-order valence-electron chi connectivity index (χ4n) is 5.71. The van der Waals surface area contributed by atoms with E-state index >= 15 is 0 Å². The normalized spacial score (nSPS) is 13.9. The third kappa shape index (κ3) is 35.3. The molecule has 0 bridgehead atoms. The fraction of sp³-hybridized carbons (Fsp3) is 0.875. The van der Waals surface area contributed by atoms with Crippen molar-refractivity contribution in [1.82, 2.24) is 0 Å². The zero-order chi connectivity index (χ0) is 38.5. The van der Waals surface area contributed by atoms with E-state index < -0.39 is 51.1 Å². The maximum Gasteiger partial charge on any atom is 0.472 e. The number of carbonyl (C=O) groups excluding carboxylic acids is 2. The van der Waals surface area contributed by atoms with Crippen LogP contribution in [0.5, 0.6) is 0 Å². The molecule has 52 heavy (non-hydrogen) atoms. The van der Waals surface area contributed by atoms with Gasteiger partial charge in [0.25, 0.3) is 0 Å². The van der Waals surface area contributed by atoms with E-state index in [1.807, 2.05) is 0 Å². The lowest BCUT2D eigenvalue weighted by Crippen LogP contribution is -2.34. The molecule has 0 amide bonds. The molecular weight excluding hydrogens is 685 g/mol. The van der Waals surface area contributed by atoms with Gasteiger partial charge < -0.3 is 25.2 Å². The second-order valence-corrected chi connectivity index (χ2v) is 15.6. The molecule has 0 spiro atoms. The second-order valence-electron chi connectivity index (χ2n) is 14.1. The SMILES string of the molecule is CCCCCCCC/C=C\CCCCCCCCCC(=O)OC[C@H](COP(=O)(O)OC[C@H](N)C(=O)O)OC(=O)CCCCCCCCCCCCC. The van der Waals surface area contributed by atoms with E-state index in [9.17, 15) is 23.8 Å². The van der Waals surface area contributed by atoms with Gasteiger partial charge in [-0.15, -0.1) is 0 Å². The van der Waals surface area contributed by atoms with Gasteiger partial charge in [-0.1, -0.05) is 154 Å². The zero-order valence-corrected chi connectivity index (χ0v) is 33.8. The van der Waals surface area contributed by atoms with E-state index in [4.69, 9.17) is 24.8 Å². The Morgan fingerprint density at radius 1 is 0.577 bits per heavy atom. The van der Waals surface area contributed by atoms with E-state index in [2.05, 4.69) is 30.5 Å². The molecule has 0 fully saturated rings. The molecule has 1 unspecified atom stereocenters. The molecule has 0 rings (SSSR count). The first-order valence-electron chi connectivity index (χ1n) is 20.7. The van der Waals surface area contributed by atoms with E-state index in [0.717, 1.165) is 44.9 Å². The average molecular weight is 762 g/mol. The summed E-state index contributed by atoms with van der Waals surface area (Å²) in [6, 6.07) is -1.52. The monoisotopic (exact) mass is 762 g/mol. The Balaban J connectivity index is 4.34. The molecule has 11 nitrogen and oxygen atoms in total. The second kappa shape index (κ2) is 36.2. The lowest BCUT2D eigenvalue weighted by atomic mass is 10.1. The summed E-state index contributed by atoms with van der Waals surface area (Å²) >= 11 is 0. The number of carboxylic acid groups (broad SMARTS) is 1. The highest BCUT2D eigenvalue weighted by molar-refractivity contribution is 7.47. The van der Waals surface area contributed by atoms with Crippen LogP contribution in [0.1, 0.15) is 194 Å². The average Bonchev–Trinajstić information content (AvgIpc) is 3.12. The maximum absolute atomic E-state index is 12.6. The summed E-state index contributed by atoms with van der Waals surface area (Å²) in [4.78, 5) is 45.8. The minimum Gasteiger partial charge on any atom is -0.480 e. The van der Waals surface area contributed by atoms with Crippen molar-refractivity contribution in [3.63, 3.8) is 0 Å². The van der Waals surface area contributed by atoms with Gasteiger partial charge in [0.1, 0.15) is 12.6 Å². The van der Waals surface area contributed by atoms with Crippen LogP contribution in [0.3, 0.4) is 0 Å². The largest absolute Gasteiger partial charge is 0.480 e. The molecule has 0 saturated heterocycles. The summed E-state index contributed by atoms with van der Waals surface area (Å²) in [7, 11) is -4.71. The first kappa shape index (κ1) is 50.2. The van der Waals surface area contributed by atoms with Crippen LogP contribution < -0.4 is 5.73 Å². The number of hydrogen-bond donors (Lipinski definition) is 3. The third-order valence-electron chi connectivity index (χ3n) is 9.01. The standard InChI is InChI=1S/C40H76NO10P/c1-3-5-7-9-11-13-15-16-17-18-19-20-22-23-25-27-29-31-38(42)48-33-36(34-49-52(46,47)50-35-37(41)40(44)45)51-39(43)32-30-28-26-24-21-14-12-10-8-6-4-2/h16-17,36-37H,3-15,18-35,41H2,1-2H3,(H,44,45)(H,46,47)/b17-16-/t36-,37+/m1/s1. The number of nitrogens with two attached hydrogens (primary N) is 1. The molecule has 306 valence electrons. The molecule has 0 aromatic rings. The molecule has 0 saturated carbocycles. The number of phosphoric ester groups is 1. The molecule has 0 radical (unpaired) electrons. The fourth-order valence-corrected chi connectivity index (χ4v) is 6.48. The molecule has 4 N–H and O–H groups in total. The molecule has 12 heteroatoms. The minimum absolute atomic E-state index is 0.165. The molecule has 0 aliphatic rings. The topological polar surface area (TPSA) is 172 Å². The van der Waals surface area contributed by atoms with E-state index in [0.29, 0.717) is 12.8 Å². The number of ether oxygens (including phenoxy) is 2. The molecule has 3 atom stereocenters. The van der Waals surface area contributed by atoms with Gasteiger partial charge in [-0.05, 0) is 38.5 Å². The molecular formula is C40H76NO10P. The first-order chi connectivity index (χ1) is 25.1. The Morgan fingerprint density at radius 2 is 0.962 bits per heavy atom. The van der Waals surface area contributed by atoms with E-state index in [1.54, 1.807) is 0 Å². The molecule has 0 aliphatic carbocycles. The van der Waals surface area contributed by atoms with Gasteiger partial charge in [-0.3, -0.25) is 23.4 Å². The predicted molar refractivity (Wildman–Crippen MR) is 208 cm³/mol. The lowest BCUT2D eigenvalue weighted by Gasteiger charge is -2.20. The van der Waals surface area contributed by atoms with Gasteiger partial charge in [0, 0.05) is 12.8 Å². The van der Waals surface area contributed by atoms with E-state index in [-0.39, 0.29) is 19.4 Å². The number of esters is 2. The van der Waals surface area contributed by atoms with Crippen LogP contribution in [0, 0.1) is 0 Å². The Hall–Kier alpha value is -1.78. The van der Waals surface area contributed by atoms with Crippen LogP contribution in [0.15, 0.2) is 12.2 Å². The summed E-state index contributed by atoms with van der Waals surface area (Å²) in [5.74, 6) is -2.38. The van der Waals surface area contributed by atoms with Crippen LogP contribution in [0.4, 0.5) is 0 Å². The smallest absolute Gasteiger partial charge is 0.472 e. The van der Waals surface area contributed by atoms with Crippen molar-refractivity contribution in [3.05, 3.63) is 12.2 Å². The van der Waals surface area contributed by atoms with Crippen LogP contribution in [0.25, 0.3) is 0 Å². The number of carbonyl (C=O) groups is 3. The number of unbranched alkanes of at least 4 members (excludes halogenated alkanes) is 23. The van der Waals surface area contributed by atoms with Crippen molar-refractivity contribution in [1.29, 1.82) is 0 Å². The summed E-state index contributed by atoms with van der Waals surface area (Å²) < 4.78 is 32.6. The Kier molecular flexibility index (Phi) is 35.0. The maximum atomic E-state index is 12.6. The van der Waals surface area contributed by atoms with Crippen molar-refractivity contribution in [2.45, 2.75) is 206 Å². The van der Waals surface area contributed by atoms with Crippen molar-refractivity contribution < 1.29 is 47.5 Å². The van der Waals surface area contributed by atoms with Crippen molar-refractivity contribution in [3.8, 4) is 0 Å². The van der Waals surface area contributed by atoms with Crippen molar-refractivity contribution >= 4 is 25.7 Å². The Labute approximate surface area is 316 Å². The lowest BCUT2D eigenvalue weighted by molar-refractivity contribution is -0.161. The molecule has 0 aromatic heterocycles. The van der Waals surface area contributed by atoms with Gasteiger partial charge in [-0.25, -0.2) is 4.57 Å². The number of rotatable bonds is 39. The minimum atomic E-state index is -4.71. The Morgan fingerprint density at radius 3 is 1.40 bits per heavy atom. The molecule has 0 heterocycles. The molecule has 0 aromatic carbocycles. The highest BCUT2D eigenvalue weighted by Crippen LogP contribution is 2.43. The van der Waals surface area contributed by atoms with Crippen molar-refractivity contribution in [2.75, 3.05) is 19.8 Å². The summed E-state index contributed by atoms with van der Waals surface area (Å²) in [6.07, 6.45) is 34.2. The first-order valence-corrected chi connectivity index (χ1v) is 22.2. The number of carboxylic acids is 1. The van der Waals surface area contributed by atoms with Crippen LogP contribution in [-0.4, -0.2) is 59.9 Å². The molecule has 0 aliphatic heterocycles. The van der Waals surface area contributed by atoms with Gasteiger partial charge >= 0.3 is 25.7 Å².